The van der Waals surface area contributed by atoms with Crippen molar-refractivity contribution in [3.05, 3.63) is 66.0 Å². The number of nitrogens with zero attached hydrogens (tertiary/aromatic N) is 1. The van der Waals surface area contributed by atoms with Crippen molar-refractivity contribution >= 4 is 0 Å². The van der Waals surface area contributed by atoms with Crippen molar-refractivity contribution in [1.29, 1.82) is 0 Å². The molecular weight excluding hydrogens is 277 g/mol. The number of hydrogen-bond acceptors (Lipinski definition) is 2. The number of hydrogen-bond donors (Lipinski definition) is 1. The number of halogens is 3. The van der Waals surface area contributed by atoms with E-state index in [-0.39, 0.29) is 12.8 Å². The van der Waals surface area contributed by atoms with Gasteiger partial charge in [-0.25, -0.2) is 0 Å². The predicted octanol–water partition coefficient (Wildman–Crippen LogP) is 3.86. The minimum Gasteiger partial charge on any atom is -0.293 e. The largest absolute Gasteiger partial charge is 0.406 e. The van der Waals surface area contributed by atoms with Crippen LogP contribution in [-0.4, -0.2) is 16.7 Å². The van der Waals surface area contributed by atoms with E-state index in [1.807, 2.05) is 30.3 Å². The van der Waals surface area contributed by atoms with Crippen molar-refractivity contribution in [3.63, 3.8) is 0 Å². The Morgan fingerprint density at radius 1 is 0.952 bits per heavy atom. The predicted molar refractivity (Wildman–Crippen MR) is 73.7 cm³/mol. The Morgan fingerprint density at radius 2 is 1.52 bits per heavy atom. The topological polar surface area (TPSA) is 24.9 Å². The Hall–Kier alpha value is -1.88. The van der Waals surface area contributed by atoms with Gasteiger partial charge in [-0.05, 0) is 36.1 Å². The summed E-state index contributed by atoms with van der Waals surface area (Å²) in [6, 6.07) is 12.2. The molecule has 21 heavy (non-hydrogen) atoms. The average molecular weight is 292 g/mol. The summed E-state index contributed by atoms with van der Waals surface area (Å²) in [5.41, 5.74) is -0.150. The summed E-state index contributed by atoms with van der Waals surface area (Å²) in [6.45, 7) is 0. The van der Waals surface area contributed by atoms with Gasteiger partial charge < -0.3 is 0 Å². The Morgan fingerprint density at radius 3 is 2.05 bits per heavy atom. The zero-order chi connectivity index (χ0) is 14.9. The molecule has 1 aliphatic rings. The average Bonchev–Trinajstić information content (AvgIpc) is 3.27. The van der Waals surface area contributed by atoms with E-state index in [1.165, 1.54) is 0 Å². The van der Waals surface area contributed by atoms with Gasteiger partial charge in [0.1, 0.15) is 5.54 Å². The van der Waals surface area contributed by atoms with E-state index in [0.717, 1.165) is 11.1 Å². The molecule has 1 fully saturated rings. The highest BCUT2D eigenvalue weighted by Gasteiger charge is 2.63. The number of aromatic nitrogens is 1. The molecule has 1 unspecified atom stereocenters. The van der Waals surface area contributed by atoms with E-state index >= 15 is 0 Å². The van der Waals surface area contributed by atoms with Gasteiger partial charge in [0.2, 0.25) is 0 Å². The second kappa shape index (κ2) is 5.15. The van der Waals surface area contributed by atoms with E-state index in [1.54, 1.807) is 24.5 Å². The maximum Gasteiger partial charge on any atom is 0.406 e. The van der Waals surface area contributed by atoms with Gasteiger partial charge >= 0.3 is 6.18 Å². The lowest BCUT2D eigenvalue weighted by molar-refractivity contribution is -0.167. The van der Waals surface area contributed by atoms with Crippen molar-refractivity contribution in [2.75, 3.05) is 0 Å². The standard InChI is InChI=1S/C16H15F3N2/c17-16(18,19)15(8-9-15)21-14(12-4-2-1-3-5-12)13-6-10-20-11-7-13/h1-7,10-11,14,21H,8-9H2. The molecule has 1 aromatic carbocycles. The second-order valence-corrected chi connectivity index (χ2v) is 5.35. The first kappa shape index (κ1) is 14.1. The Balaban J connectivity index is 1.95. The van der Waals surface area contributed by atoms with Gasteiger partial charge in [-0.1, -0.05) is 30.3 Å². The lowest BCUT2D eigenvalue weighted by atomic mass is 9.98. The van der Waals surface area contributed by atoms with Crippen LogP contribution in [0.1, 0.15) is 30.0 Å². The highest BCUT2D eigenvalue weighted by Crippen LogP contribution is 2.50. The lowest BCUT2D eigenvalue weighted by Gasteiger charge is -2.28. The van der Waals surface area contributed by atoms with Crippen LogP contribution in [0.3, 0.4) is 0 Å². The maximum atomic E-state index is 13.2. The molecule has 0 bridgehead atoms. The number of nitrogens with one attached hydrogen (secondary N) is 1. The quantitative estimate of drug-likeness (QED) is 0.925. The van der Waals surface area contributed by atoms with E-state index in [4.69, 9.17) is 0 Å². The van der Waals surface area contributed by atoms with Crippen LogP contribution >= 0.6 is 0 Å². The number of pyridine rings is 1. The molecule has 1 atom stereocenters. The van der Waals surface area contributed by atoms with Crippen LogP contribution in [0.2, 0.25) is 0 Å². The van der Waals surface area contributed by atoms with Crippen LogP contribution in [0, 0.1) is 0 Å². The van der Waals surface area contributed by atoms with Gasteiger partial charge in [0.25, 0.3) is 0 Å². The maximum absolute atomic E-state index is 13.2. The van der Waals surface area contributed by atoms with Gasteiger partial charge in [0.15, 0.2) is 0 Å². The molecule has 2 nitrogen and oxygen atoms in total. The molecule has 0 radical (unpaired) electrons. The van der Waals surface area contributed by atoms with Gasteiger partial charge in [-0.3, -0.25) is 10.3 Å². The van der Waals surface area contributed by atoms with Crippen molar-refractivity contribution in [1.82, 2.24) is 10.3 Å². The lowest BCUT2D eigenvalue weighted by Crippen LogP contribution is -2.46. The number of benzene rings is 1. The Bertz CT molecular complexity index is 552. The summed E-state index contributed by atoms with van der Waals surface area (Å²) >= 11 is 0. The first-order valence-electron chi connectivity index (χ1n) is 6.81. The number of alkyl halides is 3. The van der Waals surface area contributed by atoms with Crippen molar-refractivity contribution < 1.29 is 13.2 Å². The summed E-state index contributed by atoms with van der Waals surface area (Å²) in [7, 11) is 0. The fourth-order valence-electron chi connectivity index (χ4n) is 2.47. The Labute approximate surface area is 121 Å². The third-order valence-corrected chi connectivity index (χ3v) is 3.89. The third kappa shape index (κ3) is 2.78. The molecule has 1 heterocycles. The smallest absolute Gasteiger partial charge is 0.293 e. The van der Waals surface area contributed by atoms with Gasteiger partial charge in [0, 0.05) is 12.4 Å². The van der Waals surface area contributed by atoms with Crippen LogP contribution in [0.15, 0.2) is 54.9 Å². The van der Waals surface area contributed by atoms with E-state index in [0.29, 0.717) is 0 Å². The highest BCUT2D eigenvalue weighted by molar-refractivity contribution is 5.32. The minimum absolute atomic E-state index is 0.130. The summed E-state index contributed by atoms with van der Waals surface area (Å²) in [5, 5.41) is 2.82. The van der Waals surface area contributed by atoms with Crippen LogP contribution in [-0.2, 0) is 0 Å². The van der Waals surface area contributed by atoms with Gasteiger partial charge in [-0.15, -0.1) is 0 Å². The monoisotopic (exact) mass is 292 g/mol. The zero-order valence-electron chi connectivity index (χ0n) is 11.3. The molecule has 1 N–H and O–H groups in total. The molecular formula is C16H15F3N2. The second-order valence-electron chi connectivity index (χ2n) is 5.35. The van der Waals surface area contributed by atoms with Crippen LogP contribution in [0.5, 0.6) is 0 Å². The molecule has 3 rings (SSSR count). The van der Waals surface area contributed by atoms with Crippen molar-refractivity contribution in [2.24, 2.45) is 0 Å². The number of rotatable bonds is 4. The summed E-state index contributed by atoms with van der Waals surface area (Å²) < 4.78 is 39.6. The molecule has 5 heteroatoms. The molecule has 1 saturated carbocycles. The van der Waals surface area contributed by atoms with Gasteiger partial charge in [0.05, 0.1) is 6.04 Å². The molecule has 0 amide bonds. The molecule has 110 valence electrons. The van der Waals surface area contributed by atoms with Crippen LogP contribution in [0.25, 0.3) is 0 Å². The van der Waals surface area contributed by atoms with Crippen LogP contribution < -0.4 is 5.32 Å². The van der Waals surface area contributed by atoms with Crippen molar-refractivity contribution in [3.8, 4) is 0 Å². The summed E-state index contributed by atoms with van der Waals surface area (Å²) in [4.78, 5) is 3.93. The van der Waals surface area contributed by atoms with Gasteiger partial charge in [-0.2, -0.15) is 13.2 Å². The first-order valence-corrected chi connectivity index (χ1v) is 6.81. The highest BCUT2D eigenvalue weighted by atomic mass is 19.4. The minimum atomic E-state index is -4.23. The fraction of sp³-hybridized carbons (Fsp3) is 0.312. The SMILES string of the molecule is FC(F)(F)C1(NC(c2ccccc2)c2ccncc2)CC1. The van der Waals surface area contributed by atoms with Crippen LogP contribution in [0.4, 0.5) is 13.2 Å². The molecule has 0 saturated heterocycles. The normalized spacial score (nSPS) is 18.2. The summed E-state index contributed by atoms with van der Waals surface area (Å²) in [6.07, 6.45) is -0.775. The Kier molecular flexibility index (Phi) is 3.45. The van der Waals surface area contributed by atoms with E-state index < -0.39 is 17.8 Å². The molecule has 0 aliphatic heterocycles. The summed E-state index contributed by atoms with van der Waals surface area (Å²) in [5.74, 6) is 0. The van der Waals surface area contributed by atoms with Crippen molar-refractivity contribution in [2.45, 2.75) is 30.6 Å². The fourth-order valence-corrected chi connectivity index (χ4v) is 2.47. The molecule has 0 spiro atoms. The molecule has 1 aliphatic carbocycles. The third-order valence-electron chi connectivity index (χ3n) is 3.89. The first-order chi connectivity index (χ1) is 10.0. The van der Waals surface area contributed by atoms with E-state index in [9.17, 15) is 13.2 Å². The van der Waals surface area contributed by atoms with E-state index in [2.05, 4.69) is 10.3 Å². The zero-order valence-corrected chi connectivity index (χ0v) is 11.3. The molecule has 1 aromatic heterocycles. The molecule has 2 aromatic rings.